The van der Waals surface area contributed by atoms with Crippen LogP contribution in [0.2, 0.25) is 0 Å². The second kappa shape index (κ2) is 5.44. The number of hydrogen-bond acceptors (Lipinski definition) is 3. The van der Waals surface area contributed by atoms with Crippen molar-refractivity contribution in [3.8, 4) is 0 Å². The molecule has 1 rings (SSSR count). The third-order valence-electron chi connectivity index (χ3n) is 1.93. The molecule has 0 saturated heterocycles. The molecule has 0 radical (unpaired) electrons. The lowest BCUT2D eigenvalue weighted by Gasteiger charge is -2.36. The minimum atomic E-state index is -3.54. The van der Waals surface area contributed by atoms with Crippen molar-refractivity contribution in [1.29, 1.82) is 0 Å². The van der Waals surface area contributed by atoms with Gasteiger partial charge in [-0.15, -0.1) is 0 Å². The molecule has 0 N–H and O–H groups in total. The van der Waals surface area contributed by atoms with Crippen LogP contribution in [0.3, 0.4) is 0 Å². The van der Waals surface area contributed by atoms with E-state index in [1.807, 2.05) is 0 Å². The summed E-state index contributed by atoms with van der Waals surface area (Å²) in [5.41, 5.74) is -2.91. The van der Waals surface area contributed by atoms with E-state index in [4.69, 9.17) is 13.7 Å². The topological polar surface area (TPSA) is 26.3 Å². The Balaban J connectivity index is 3.92. The molecule has 16 heavy (non-hydrogen) atoms. The van der Waals surface area contributed by atoms with E-state index in [9.17, 15) is 4.79 Å². The standard InChI is InChI=1S/C13H24O2S/c1-12(2,3)16-10-13(11(14)15-4)8-6-5-7-9-13/h5-10H2,1-4H3/i5D2,6D2,7D2,8D2,9D2. The predicted octanol–water partition coefficient (Wildman–Crippen LogP) is 3.64. The number of methoxy groups -OCH3 is 1. The van der Waals surface area contributed by atoms with E-state index in [-0.39, 0.29) is 0 Å². The maximum atomic E-state index is 12.7. The lowest BCUT2D eigenvalue weighted by atomic mass is 9.75. The van der Waals surface area contributed by atoms with E-state index in [0.717, 1.165) is 18.9 Å². The maximum absolute atomic E-state index is 12.7. The average Bonchev–Trinajstić information content (AvgIpc) is 2.43. The first kappa shape index (κ1) is 5.21. The smallest absolute Gasteiger partial charge is 0.312 e. The number of ether oxygens (including phenoxy) is 1. The molecule has 1 aliphatic rings. The van der Waals surface area contributed by atoms with Crippen LogP contribution in [0.15, 0.2) is 0 Å². The molecule has 0 aliphatic heterocycles. The van der Waals surface area contributed by atoms with Crippen molar-refractivity contribution >= 4 is 17.7 Å². The van der Waals surface area contributed by atoms with E-state index in [1.165, 1.54) is 0 Å². The fourth-order valence-electron chi connectivity index (χ4n) is 1.07. The van der Waals surface area contributed by atoms with E-state index < -0.39 is 53.7 Å². The molecule has 0 amide bonds. The minimum Gasteiger partial charge on any atom is -0.469 e. The fourth-order valence-corrected chi connectivity index (χ4v) is 1.98. The first-order valence-corrected chi connectivity index (χ1v) is 5.90. The molecule has 0 bridgehead atoms. The zero-order valence-electron chi connectivity index (χ0n) is 19.9. The zero-order valence-corrected chi connectivity index (χ0v) is 10.7. The van der Waals surface area contributed by atoms with E-state index in [1.54, 1.807) is 20.8 Å². The molecule has 0 heterocycles. The third-order valence-corrected chi connectivity index (χ3v) is 3.38. The molecule has 3 heteroatoms. The summed E-state index contributed by atoms with van der Waals surface area (Å²) >= 11 is 0.952. The van der Waals surface area contributed by atoms with Crippen LogP contribution in [0.5, 0.6) is 0 Å². The van der Waals surface area contributed by atoms with Gasteiger partial charge in [0.25, 0.3) is 0 Å². The summed E-state index contributed by atoms with van der Waals surface area (Å²) in [6.45, 7) is 5.16. The minimum absolute atomic E-state index is 0.580. The Kier molecular flexibility index (Phi) is 1.77. The van der Waals surface area contributed by atoms with Gasteiger partial charge in [-0.2, -0.15) is 11.8 Å². The molecule has 0 aromatic carbocycles. The van der Waals surface area contributed by atoms with Crippen LogP contribution < -0.4 is 0 Å². The summed E-state index contributed by atoms with van der Waals surface area (Å²) in [6.07, 6.45) is -17.4. The van der Waals surface area contributed by atoms with Gasteiger partial charge >= 0.3 is 5.97 Å². The molecular formula is C13H24O2S. The molecule has 0 atom stereocenters. The summed E-state index contributed by atoms with van der Waals surface area (Å²) in [4.78, 5) is 12.7. The van der Waals surface area contributed by atoms with Gasteiger partial charge in [0.1, 0.15) is 0 Å². The quantitative estimate of drug-likeness (QED) is 0.719. The van der Waals surface area contributed by atoms with Crippen molar-refractivity contribution in [2.75, 3.05) is 12.9 Å². The van der Waals surface area contributed by atoms with E-state index in [2.05, 4.69) is 4.74 Å². The first-order chi connectivity index (χ1) is 11.2. The van der Waals surface area contributed by atoms with E-state index >= 15 is 0 Å². The average molecular weight is 254 g/mol. The van der Waals surface area contributed by atoms with Gasteiger partial charge in [0, 0.05) is 24.2 Å². The van der Waals surface area contributed by atoms with Gasteiger partial charge in [-0.25, -0.2) is 0 Å². The van der Waals surface area contributed by atoms with Crippen LogP contribution >= 0.6 is 11.8 Å². The zero-order chi connectivity index (χ0) is 21.2. The Morgan fingerprint density at radius 1 is 1.38 bits per heavy atom. The molecule has 1 fully saturated rings. The van der Waals surface area contributed by atoms with Crippen LogP contribution in [-0.4, -0.2) is 23.6 Å². The number of carbonyl (C=O) groups is 1. The molecular weight excluding hydrogens is 220 g/mol. The van der Waals surface area contributed by atoms with Crippen LogP contribution in [0, 0.1) is 5.41 Å². The van der Waals surface area contributed by atoms with Crippen molar-refractivity contribution in [2.45, 2.75) is 57.4 Å². The van der Waals surface area contributed by atoms with Crippen LogP contribution in [0.1, 0.15) is 66.3 Å². The number of carbonyl (C=O) groups excluding carboxylic acids is 1. The normalized spacial score (nSPS) is 45.5. The van der Waals surface area contributed by atoms with Crippen molar-refractivity contribution in [2.24, 2.45) is 5.41 Å². The fraction of sp³-hybridized carbons (Fsp3) is 0.923. The summed E-state index contributed by atoms with van der Waals surface area (Å²) in [6, 6.07) is 0. The number of rotatable bonds is 3. The summed E-state index contributed by atoms with van der Waals surface area (Å²) in [7, 11) is 0.881. The van der Waals surface area contributed by atoms with Gasteiger partial charge in [-0.3, -0.25) is 4.79 Å². The summed E-state index contributed by atoms with van der Waals surface area (Å²) in [5.74, 6) is -2.08. The molecule has 0 aromatic heterocycles. The Morgan fingerprint density at radius 3 is 2.38 bits per heavy atom. The largest absolute Gasteiger partial charge is 0.469 e. The Bertz CT molecular complexity index is 552. The van der Waals surface area contributed by atoms with Gasteiger partial charge in [-0.05, 0) is 12.7 Å². The SMILES string of the molecule is [2H]C1([2H])C([2H])([2H])C([2H])([2H])C(CSC(C)(C)C)(C(=O)OC)C([2H])([2H])C1([2H])[2H]. The van der Waals surface area contributed by atoms with Crippen LogP contribution in [0.4, 0.5) is 0 Å². The second-order valence-electron chi connectivity index (χ2n) is 4.42. The summed E-state index contributed by atoms with van der Waals surface area (Å²) < 4.78 is 85.0. The van der Waals surface area contributed by atoms with Crippen LogP contribution in [0.25, 0.3) is 0 Å². The molecule has 94 valence electrons. The first-order valence-electron chi connectivity index (χ1n) is 9.91. The highest BCUT2D eigenvalue weighted by atomic mass is 32.2. The lowest BCUT2D eigenvalue weighted by Crippen LogP contribution is -2.38. The van der Waals surface area contributed by atoms with Gasteiger partial charge in [0.15, 0.2) is 0 Å². The van der Waals surface area contributed by atoms with Crippen LogP contribution in [-0.2, 0) is 9.53 Å². The Hall–Kier alpha value is -0.180. The van der Waals surface area contributed by atoms with Crippen molar-refractivity contribution in [1.82, 2.24) is 0 Å². The molecule has 2 nitrogen and oxygen atoms in total. The van der Waals surface area contributed by atoms with Gasteiger partial charge in [-0.1, -0.05) is 39.9 Å². The molecule has 1 aliphatic carbocycles. The number of hydrogen-bond donors (Lipinski definition) is 0. The molecule has 1 saturated carbocycles. The van der Waals surface area contributed by atoms with Crippen molar-refractivity contribution in [3.63, 3.8) is 0 Å². The maximum Gasteiger partial charge on any atom is 0.312 e. The highest BCUT2D eigenvalue weighted by Gasteiger charge is 2.41. The highest BCUT2D eigenvalue weighted by molar-refractivity contribution is 8.00. The van der Waals surface area contributed by atoms with Gasteiger partial charge in [0.2, 0.25) is 0 Å². The second-order valence-corrected chi connectivity index (χ2v) is 6.23. The monoisotopic (exact) mass is 254 g/mol. The third kappa shape index (κ3) is 3.69. The highest BCUT2D eigenvalue weighted by Crippen LogP contribution is 2.42. The van der Waals surface area contributed by atoms with E-state index in [0.29, 0.717) is 0 Å². The number of thioether (sulfide) groups is 1. The predicted molar refractivity (Wildman–Crippen MR) is 69.7 cm³/mol. The molecule has 0 aromatic rings. The molecule has 0 spiro atoms. The summed E-state index contributed by atoms with van der Waals surface area (Å²) in [5, 5.41) is 0. The molecule has 0 unspecified atom stereocenters. The van der Waals surface area contributed by atoms with Gasteiger partial charge in [0.05, 0.1) is 12.5 Å². The lowest BCUT2D eigenvalue weighted by molar-refractivity contribution is -0.153. The number of esters is 1. The van der Waals surface area contributed by atoms with Crippen molar-refractivity contribution < 1.29 is 23.2 Å². The van der Waals surface area contributed by atoms with Crippen molar-refractivity contribution in [3.05, 3.63) is 0 Å². The Morgan fingerprint density at radius 2 is 1.94 bits per heavy atom. The Labute approximate surface area is 118 Å². The van der Waals surface area contributed by atoms with Gasteiger partial charge < -0.3 is 4.74 Å².